The van der Waals surface area contributed by atoms with Crippen molar-refractivity contribution >= 4 is 34.4 Å². The number of esters is 1. The summed E-state index contributed by atoms with van der Waals surface area (Å²) in [6.07, 6.45) is 1.55. The Morgan fingerprint density at radius 2 is 1.71 bits per heavy atom. The standard InChI is InChI=1S/C14H8Cl2F2O3/c15-12(20)14(18)7-6-13(16,17)8-10(14)11(19)21-9-4-2-1-3-5-9/h1-8H. The highest BCUT2D eigenvalue weighted by molar-refractivity contribution is 6.66. The number of benzene rings is 1. The molecule has 3 nitrogen and oxygen atoms in total. The van der Waals surface area contributed by atoms with E-state index in [4.69, 9.17) is 27.9 Å². The van der Waals surface area contributed by atoms with Gasteiger partial charge in [-0.1, -0.05) is 29.8 Å². The molecule has 0 N–H and O–H groups in total. The maximum Gasteiger partial charge on any atom is 0.343 e. The maximum atomic E-state index is 14.5. The first kappa shape index (κ1) is 15.7. The van der Waals surface area contributed by atoms with Crippen molar-refractivity contribution in [3.63, 3.8) is 0 Å². The van der Waals surface area contributed by atoms with E-state index in [-0.39, 0.29) is 5.75 Å². The van der Waals surface area contributed by atoms with Gasteiger partial charge in [-0.15, -0.1) is 0 Å². The fourth-order valence-corrected chi connectivity index (χ4v) is 2.03. The zero-order chi connectivity index (χ0) is 15.7. The number of carbonyl (C=O) groups is 2. The van der Waals surface area contributed by atoms with Crippen LogP contribution in [0.15, 0.2) is 54.1 Å². The van der Waals surface area contributed by atoms with Crippen LogP contribution in [0.5, 0.6) is 5.75 Å². The molecule has 1 aliphatic carbocycles. The Hall–Kier alpha value is -1.72. The van der Waals surface area contributed by atoms with E-state index in [1.165, 1.54) is 12.1 Å². The lowest BCUT2D eigenvalue weighted by Crippen LogP contribution is -2.40. The van der Waals surface area contributed by atoms with E-state index in [2.05, 4.69) is 0 Å². The fourth-order valence-electron chi connectivity index (χ4n) is 1.69. The summed E-state index contributed by atoms with van der Waals surface area (Å²) in [5.74, 6) is -1.16. The van der Waals surface area contributed by atoms with Crippen molar-refractivity contribution in [3.8, 4) is 5.75 Å². The molecule has 110 valence electrons. The van der Waals surface area contributed by atoms with Gasteiger partial charge in [0, 0.05) is 0 Å². The lowest BCUT2D eigenvalue weighted by molar-refractivity contribution is -0.133. The average Bonchev–Trinajstić information content (AvgIpc) is 2.42. The Kier molecular flexibility index (Phi) is 4.16. The molecule has 0 aliphatic heterocycles. The number of rotatable bonds is 3. The molecule has 1 aromatic rings. The predicted octanol–water partition coefficient (Wildman–Crippen LogP) is 3.47. The van der Waals surface area contributed by atoms with Crippen LogP contribution in [0, 0.1) is 0 Å². The van der Waals surface area contributed by atoms with Crippen LogP contribution in [-0.2, 0) is 9.59 Å². The Balaban J connectivity index is 2.36. The molecule has 7 heteroatoms. The molecule has 0 fully saturated rings. The molecule has 1 aromatic carbocycles. The number of ether oxygens (including phenoxy) is 1. The highest BCUT2D eigenvalue weighted by atomic mass is 35.5. The Labute approximate surface area is 128 Å². The number of halogens is 4. The summed E-state index contributed by atoms with van der Waals surface area (Å²) in [4.78, 5) is 23.2. The van der Waals surface area contributed by atoms with Crippen LogP contribution in [0.4, 0.5) is 8.78 Å². The first-order valence-electron chi connectivity index (χ1n) is 5.72. The van der Waals surface area contributed by atoms with Gasteiger partial charge in [0.15, 0.2) is 0 Å². The van der Waals surface area contributed by atoms with Crippen LogP contribution in [0.25, 0.3) is 0 Å². The van der Waals surface area contributed by atoms with Gasteiger partial charge in [-0.2, -0.15) is 0 Å². The van der Waals surface area contributed by atoms with Crippen molar-refractivity contribution in [2.24, 2.45) is 0 Å². The van der Waals surface area contributed by atoms with Crippen LogP contribution < -0.4 is 4.74 Å². The number of hydrogen-bond acceptors (Lipinski definition) is 3. The molecule has 0 aromatic heterocycles. The summed E-state index contributed by atoms with van der Waals surface area (Å²) < 4.78 is 33.1. The molecule has 2 rings (SSSR count). The lowest BCUT2D eigenvalue weighted by atomic mass is 9.90. The quantitative estimate of drug-likeness (QED) is 0.280. The van der Waals surface area contributed by atoms with Gasteiger partial charge in [-0.25, -0.2) is 13.6 Å². The van der Waals surface area contributed by atoms with Crippen molar-refractivity contribution in [3.05, 3.63) is 54.1 Å². The minimum atomic E-state index is -2.99. The number of hydrogen-bond donors (Lipinski definition) is 0. The second kappa shape index (κ2) is 5.58. The van der Waals surface area contributed by atoms with Gasteiger partial charge in [0.25, 0.3) is 5.24 Å². The topological polar surface area (TPSA) is 43.4 Å². The minimum absolute atomic E-state index is 0.0985. The van der Waals surface area contributed by atoms with E-state index < -0.39 is 27.6 Å². The first-order chi connectivity index (χ1) is 9.74. The summed E-state index contributed by atoms with van der Waals surface area (Å²) in [5.41, 5.74) is -3.90. The molecule has 0 radical (unpaired) electrons. The normalized spacial score (nSPS) is 27.9. The molecule has 2 atom stereocenters. The van der Waals surface area contributed by atoms with Crippen LogP contribution in [-0.4, -0.2) is 22.0 Å². The molecular weight excluding hydrogens is 325 g/mol. The van der Waals surface area contributed by atoms with Crippen molar-refractivity contribution in [1.29, 1.82) is 0 Å². The van der Waals surface area contributed by atoms with Crippen LogP contribution in [0.2, 0.25) is 0 Å². The van der Waals surface area contributed by atoms with E-state index in [1.54, 1.807) is 18.2 Å². The monoisotopic (exact) mass is 332 g/mol. The van der Waals surface area contributed by atoms with Gasteiger partial charge in [-0.3, -0.25) is 4.79 Å². The molecule has 0 bridgehead atoms. The third kappa shape index (κ3) is 3.31. The van der Waals surface area contributed by atoms with Gasteiger partial charge in [0.1, 0.15) is 5.75 Å². The number of carbonyl (C=O) groups excluding carboxylic acids is 2. The summed E-state index contributed by atoms with van der Waals surface area (Å²) in [6, 6.07) is 7.70. The Morgan fingerprint density at radius 1 is 1.10 bits per heavy atom. The van der Waals surface area contributed by atoms with Gasteiger partial charge in [0.2, 0.25) is 10.8 Å². The summed E-state index contributed by atoms with van der Waals surface area (Å²) in [7, 11) is 0. The van der Waals surface area contributed by atoms with Gasteiger partial charge >= 0.3 is 5.97 Å². The maximum absolute atomic E-state index is 14.5. The molecule has 2 unspecified atom stereocenters. The van der Waals surface area contributed by atoms with Crippen molar-refractivity contribution < 1.29 is 23.1 Å². The molecule has 0 spiro atoms. The van der Waals surface area contributed by atoms with E-state index in [0.29, 0.717) is 18.2 Å². The minimum Gasteiger partial charge on any atom is -0.423 e. The highest BCUT2D eigenvalue weighted by Gasteiger charge is 2.48. The summed E-state index contributed by atoms with van der Waals surface area (Å²) in [6.45, 7) is 0. The molecule has 21 heavy (non-hydrogen) atoms. The van der Waals surface area contributed by atoms with Crippen molar-refractivity contribution in [2.45, 2.75) is 10.8 Å². The second-order valence-electron chi connectivity index (χ2n) is 4.25. The van der Waals surface area contributed by atoms with E-state index in [1.807, 2.05) is 0 Å². The number of alkyl halides is 3. The van der Waals surface area contributed by atoms with E-state index in [0.717, 1.165) is 0 Å². The Morgan fingerprint density at radius 3 is 2.29 bits per heavy atom. The zero-order valence-corrected chi connectivity index (χ0v) is 11.9. The van der Waals surface area contributed by atoms with Gasteiger partial charge < -0.3 is 4.74 Å². The Bertz CT molecular complexity index is 641. The molecule has 0 saturated carbocycles. The highest BCUT2D eigenvalue weighted by Crippen LogP contribution is 2.38. The van der Waals surface area contributed by atoms with Crippen LogP contribution in [0.3, 0.4) is 0 Å². The largest absolute Gasteiger partial charge is 0.423 e. The van der Waals surface area contributed by atoms with Gasteiger partial charge in [-0.05, 0) is 42.0 Å². The van der Waals surface area contributed by atoms with Crippen LogP contribution in [0.1, 0.15) is 0 Å². The molecule has 0 saturated heterocycles. The predicted molar refractivity (Wildman–Crippen MR) is 73.7 cm³/mol. The summed E-state index contributed by atoms with van der Waals surface area (Å²) in [5, 5.41) is -4.10. The zero-order valence-electron chi connectivity index (χ0n) is 10.4. The summed E-state index contributed by atoms with van der Waals surface area (Å²) >= 11 is 10.5. The molecule has 0 heterocycles. The van der Waals surface area contributed by atoms with Crippen molar-refractivity contribution in [1.82, 2.24) is 0 Å². The molecule has 0 amide bonds. The SMILES string of the molecule is O=C(Oc1ccccc1)C1=CC(F)(Cl)C=CC1(F)C(=O)Cl. The number of allylic oxidation sites excluding steroid dienone is 3. The van der Waals surface area contributed by atoms with Crippen LogP contribution >= 0.6 is 23.2 Å². The third-order valence-electron chi connectivity index (χ3n) is 2.72. The smallest absolute Gasteiger partial charge is 0.343 e. The second-order valence-corrected chi connectivity index (χ2v) is 5.18. The first-order valence-corrected chi connectivity index (χ1v) is 6.48. The number of para-hydroxylation sites is 1. The molecule has 1 aliphatic rings. The average molecular weight is 333 g/mol. The third-order valence-corrected chi connectivity index (χ3v) is 3.23. The van der Waals surface area contributed by atoms with E-state index >= 15 is 0 Å². The van der Waals surface area contributed by atoms with E-state index in [9.17, 15) is 18.4 Å². The molecular formula is C14H8Cl2F2O3. The van der Waals surface area contributed by atoms with Gasteiger partial charge in [0.05, 0.1) is 5.57 Å². The fraction of sp³-hybridized carbons (Fsp3) is 0.143. The lowest BCUT2D eigenvalue weighted by Gasteiger charge is -2.26. The van der Waals surface area contributed by atoms with Crippen molar-refractivity contribution in [2.75, 3.05) is 0 Å².